The van der Waals surface area contributed by atoms with Gasteiger partial charge in [-0.2, -0.15) is 8.78 Å². The van der Waals surface area contributed by atoms with E-state index >= 15 is 0 Å². The number of nitrogens with zero attached hydrogens (tertiary/aromatic N) is 1. The molecular weight excluding hydrogens is 352 g/mol. The van der Waals surface area contributed by atoms with Crippen LogP contribution in [0.3, 0.4) is 0 Å². The molecule has 0 aliphatic heterocycles. The van der Waals surface area contributed by atoms with Gasteiger partial charge in [-0.25, -0.2) is 0 Å². The number of hydrogen-bond donors (Lipinski definition) is 0. The molecule has 110 valence electrons. The number of halogens is 3. The molecule has 21 heavy (non-hydrogen) atoms. The van der Waals surface area contributed by atoms with E-state index in [1.165, 1.54) is 36.4 Å². The maximum absolute atomic E-state index is 12.1. The lowest BCUT2D eigenvalue weighted by atomic mass is 10.3. The molecule has 5 nitrogen and oxygen atoms in total. The topological polar surface area (TPSA) is 61.6 Å². The van der Waals surface area contributed by atoms with Gasteiger partial charge in [0.1, 0.15) is 11.5 Å². The minimum absolute atomic E-state index is 0.0106. The lowest BCUT2D eigenvalue weighted by Crippen LogP contribution is -2.01. The molecule has 0 aliphatic carbocycles. The van der Waals surface area contributed by atoms with Crippen molar-refractivity contribution in [1.29, 1.82) is 0 Å². The summed E-state index contributed by atoms with van der Waals surface area (Å²) in [6, 6.07) is 9.93. The number of rotatable bonds is 5. The number of alkyl halides is 2. The van der Waals surface area contributed by atoms with Crippen LogP contribution in [0, 0.1) is 10.1 Å². The molecule has 0 fully saturated rings. The standard InChI is InChI=1S/C13H8BrF2NO4/c14-10-5-2-6-11(12(10)17(18)19)20-8-3-1-4-9(7-8)21-13(15)16/h1-7,13H. The van der Waals surface area contributed by atoms with E-state index in [1.807, 2.05) is 0 Å². The van der Waals surface area contributed by atoms with Crippen molar-refractivity contribution in [3.05, 3.63) is 57.1 Å². The van der Waals surface area contributed by atoms with E-state index in [2.05, 4.69) is 20.7 Å². The van der Waals surface area contributed by atoms with Gasteiger partial charge in [-0.1, -0.05) is 12.1 Å². The molecule has 0 aromatic heterocycles. The van der Waals surface area contributed by atoms with Crippen LogP contribution < -0.4 is 9.47 Å². The average Bonchev–Trinajstić information content (AvgIpc) is 2.37. The molecule has 2 aromatic carbocycles. The molecule has 0 atom stereocenters. The van der Waals surface area contributed by atoms with Gasteiger partial charge in [0.25, 0.3) is 0 Å². The Labute approximate surface area is 126 Å². The van der Waals surface area contributed by atoms with Crippen molar-refractivity contribution < 1.29 is 23.2 Å². The lowest BCUT2D eigenvalue weighted by molar-refractivity contribution is -0.386. The predicted molar refractivity (Wildman–Crippen MR) is 73.9 cm³/mol. The first-order chi connectivity index (χ1) is 9.97. The fourth-order valence-corrected chi connectivity index (χ4v) is 2.09. The fraction of sp³-hybridized carbons (Fsp3) is 0.0769. The van der Waals surface area contributed by atoms with E-state index < -0.39 is 11.5 Å². The zero-order valence-corrected chi connectivity index (χ0v) is 11.9. The third-order valence-electron chi connectivity index (χ3n) is 2.39. The molecule has 2 rings (SSSR count). The van der Waals surface area contributed by atoms with Gasteiger partial charge < -0.3 is 9.47 Å². The van der Waals surface area contributed by atoms with Gasteiger partial charge in [0.2, 0.25) is 5.75 Å². The molecule has 0 unspecified atom stereocenters. The Balaban J connectivity index is 2.30. The van der Waals surface area contributed by atoms with E-state index in [1.54, 1.807) is 6.07 Å². The minimum atomic E-state index is -2.96. The second-order valence-corrected chi connectivity index (χ2v) is 4.65. The van der Waals surface area contributed by atoms with Crippen molar-refractivity contribution in [1.82, 2.24) is 0 Å². The number of nitro benzene ring substituents is 1. The Morgan fingerprint density at radius 1 is 1.14 bits per heavy atom. The summed E-state index contributed by atoms with van der Waals surface area (Å²) in [6.07, 6.45) is 0. The first-order valence-corrected chi connectivity index (χ1v) is 6.42. The second-order valence-electron chi connectivity index (χ2n) is 3.80. The summed E-state index contributed by atoms with van der Waals surface area (Å²) in [5.74, 6) is 0.0399. The van der Waals surface area contributed by atoms with Gasteiger partial charge in [0.05, 0.1) is 9.40 Å². The molecule has 0 aliphatic rings. The summed E-state index contributed by atoms with van der Waals surface area (Å²) in [5, 5.41) is 11.0. The highest BCUT2D eigenvalue weighted by molar-refractivity contribution is 9.10. The smallest absolute Gasteiger partial charge is 0.387 e. The quantitative estimate of drug-likeness (QED) is 0.570. The van der Waals surface area contributed by atoms with Crippen molar-refractivity contribution in [2.75, 3.05) is 0 Å². The van der Waals surface area contributed by atoms with Crippen LogP contribution >= 0.6 is 15.9 Å². The fourth-order valence-electron chi connectivity index (χ4n) is 1.60. The van der Waals surface area contributed by atoms with Gasteiger partial charge in [-0.3, -0.25) is 10.1 Å². The predicted octanol–water partition coefficient (Wildman–Crippen LogP) is 4.75. The first-order valence-electron chi connectivity index (χ1n) is 5.63. The Kier molecular flexibility index (Phi) is 4.69. The molecule has 0 spiro atoms. The number of para-hydroxylation sites is 1. The molecule has 8 heteroatoms. The summed E-state index contributed by atoms with van der Waals surface area (Å²) in [6.45, 7) is -2.96. The number of nitro groups is 1. The van der Waals surface area contributed by atoms with Crippen molar-refractivity contribution in [2.45, 2.75) is 6.61 Å². The van der Waals surface area contributed by atoms with Crippen LogP contribution in [0.15, 0.2) is 46.9 Å². The van der Waals surface area contributed by atoms with E-state index in [4.69, 9.17) is 4.74 Å². The molecule has 0 heterocycles. The molecule has 0 bridgehead atoms. The van der Waals surface area contributed by atoms with Crippen LogP contribution in [0.4, 0.5) is 14.5 Å². The van der Waals surface area contributed by atoms with E-state index in [9.17, 15) is 18.9 Å². The van der Waals surface area contributed by atoms with Gasteiger partial charge in [-0.15, -0.1) is 0 Å². The van der Waals surface area contributed by atoms with Gasteiger partial charge >= 0.3 is 12.3 Å². The number of ether oxygens (including phenoxy) is 2. The molecular formula is C13H8BrF2NO4. The third-order valence-corrected chi connectivity index (χ3v) is 3.03. The molecule has 0 amide bonds. The summed E-state index contributed by atoms with van der Waals surface area (Å²) < 4.78 is 34.2. The van der Waals surface area contributed by atoms with Crippen LogP contribution in [0.5, 0.6) is 17.2 Å². The minimum Gasteiger partial charge on any atom is -0.450 e. The Hall–Kier alpha value is -2.22. The van der Waals surface area contributed by atoms with Crippen LogP contribution in [-0.2, 0) is 0 Å². The van der Waals surface area contributed by atoms with E-state index in [0.29, 0.717) is 0 Å². The van der Waals surface area contributed by atoms with Gasteiger partial charge in [0.15, 0.2) is 0 Å². The molecule has 0 N–H and O–H groups in total. The summed E-state index contributed by atoms with van der Waals surface area (Å²) in [7, 11) is 0. The van der Waals surface area contributed by atoms with Crippen LogP contribution in [0.1, 0.15) is 0 Å². The Morgan fingerprint density at radius 2 is 1.81 bits per heavy atom. The lowest BCUT2D eigenvalue weighted by Gasteiger charge is -2.09. The Morgan fingerprint density at radius 3 is 2.48 bits per heavy atom. The largest absolute Gasteiger partial charge is 0.450 e. The zero-order chi connectivity index (χ0) is 15.4. The SMILES string of the molecule is O=[N+]([O-])c1c(Br)cccc1Oc1cccc(OC(F)F)c1. The van der Waals surface area contributed by atoms with Crippen LogP contribution in [0.25, 0.3) is 0 Å². The van der Waals surface area contributed by atoms with Gasteiger partial charge in [-0.05, 0) is 40.2 Å². The number of benzene rings is 2. The third kappa shape index (κ3) is 3.88. The van der Waals surface area contributed by atoms with Crippen molar-refractivity contribution >= 4 is 21.6 Å². The zero-order valence-electron chi connectivity index (χ0n) is 10.3. The average molecular weight is 360 g/mol. The molecule has 0 saturated carbocycles. The Bertz CT molecular complexity index is 666. The van der Waals surface area contributed by atoms with Crippen LogP contribution in [0.2, 0.25) is 0 Å². The summed E-state index contributed by atoms with van der Waals surface area (Å²) >= 11 is 3.06. The second kappa shape index (κ2) is 6.49. The summed E-state index contributed by atoms with van der Waals surface area (Å²) in [4.78, 5) is 10.4. The maximum Gasteiger partial charge on any atom is 0.387 e. The van der Waals surface area contributed by atoms with Crippen LogP contribution in [-0.4, -0.2) is 11.5 Å². The maximum atomic E-state index is 12.1. The normalized spacial score (nSPS) is 10.5. The number of hydrogen-bond acceptors (Lipinski definition) is 4. The van der Waals surface area contributed by atoms with Crippen molar-refractivity contribution in [2.24, 2.45) is 0 Å². The monoisotopic (exact) mass is 359 g/mol. The van der Waals surface area contributed by atoms with Crippen molar-refractivity contribution in [3.63, 3.8) is 0 Å². The highest BCUT2D eigenvalue weighted by Gasteiger charge is 2.20. The molecule has 2 aromatic rings. The van der Waals surface area contributed by atoms with E-state index in [0.717, 1.165) is 0 Å². The highest BCUT2D eigenvalue weighted by Crippen LogP contribution is 2.37. The molecule has 0 radical (unpaired) electrons. The van der Waals surface area contributed by atoms with Gasteiger partial charge in [0, 0.05) is 6.07 Å². The van der Waals surface area contributed by atoms with Crippen molar-refractivity contribution in [3.8, 4) is 17.2 Å². The molecule has 0 saturated heterocycles. The first kappa shape index (κ1) is 15.2. The highest BCUT2D eigenvalue weighted by atomic mass is 79.9. The van der Waals surface area contributed by atoms with E-state index in [-0.39, 0.29) is 27.4 Å². The summed E-state index contributed by atoms with van der Waals surface area (Å²) in [5.41, 5.74) is -0.252.